The topological polar surface area (TPSA) is 74.4 Å². The van der Waals surface area contributed by atoms with Crippen molar-refractivity contribution in [1.29, 1.82) is 0 Å². The summed E-state index contributed by atoms with van der Waals surface area (Å²) in [5, 5.41) is 11.0. The molecule has 132 valence electrons. The quantitative estimate of drug-likeness (QED) is 0.323. The lowest BCUT2D eigenvalue weighted by molar-refractivity contribution is -0.130. The maximum atomic E-state index is 11.1. The second-order valence-electron chi connectivity index (χ2n) is 6.57. The maximum Gasteiger partial charge on any atom is 0.243 e. The number of rotatable bonds is 8. The Bertz CT molecular complexity index is 856. The summed E-state index contributed by atoms with van der Waals surface area (Å²) in [6, 6.07) is 14.4. The Labute approximate surface area is 146 Å². The number of carbonyl (C=O) groups excluding carboxylic acids is 1. The van der Waals surface area contributed by atoms with Crippen molar-refractivity contribution >= 4 is 27.7 Å². The smallest absolute Gasteiger partial charge is 0.243 e. The molecule has 0 aliphatic carbocycles. The third-order valence-electron chi connectivity index (χ3n) is 4.50. The molecule has 3 aromatic rings. The molecule has 3 rings (SSSR count). The molecular formula is C20H24N2O3. The fraction of sp³-hybridized carbons (Fsp3) is 0.350. The highest BCUT2D eigenvalue weighted by molar-refractivity contribution is 6.07. The summed E-state index contributed by atoms with van der Waals surface area (Å²) < 4.78 is 5.85. The van der Waals surface area contributed by atoms with Crippen LogP contribution >= 0.6 is 0 Å². The zero-order chi connectivity index (χ0) is 17.6. The second-order valence-corrected chi connectivity index (χ2v) is 6.57. The molecule has 0 saturated carbocycles. The van der Waals surface area contributed by atoms with Gasteiger partial charge in [0.1, 0.15) is 5.75 Å². The van der Waals surface area contributed by atoms with Gasteiger partial charge in [0.2, 0.25) is 5.91 Å². The normalized spacial score (nSPS) is 12.4. The number of aromatic nitrogens is 1. The van der Waals surface area contributed by atoms with Crippen LogP contribution in [0.4, 0.5) is 0 Å². The van der Waals surface area contributed by atoms with Gasteiger partial charge in [-0.25, -0.2) is 5.48 Å². The minimum atomic E-state index is -0.324. The van der Waals surface area contributed by atoms with Gasteiger partial charge in [-0.15, -0.1) is 0 Å². The SMILES string of the molecule is CC(CCCCOc1ccc2c(c1)[nH]c1ccccc12)CC(=O)NO. The van der Waals surface area contributed by atoms with E-state index in [1.807, 2.05) is 31.2 Å². The Hall–Kier alpha value is -2.53. The highest BCUT2D eigenvalue weighted by Crippen LogP contribution is 2.28. The van der Waals surface area contributed by atoms with Crippen LogP contribution in [0.15, 0.2) is 42.5 Å². The standard InChI is InChI=1S/C20H24N2O3/c1-14(12-20(23)22-24)6-4-5-11-25-15-9-10-17-16-7-2-3-8-18(16)21-19(17)13-15/h2-3,7-10,13-14,21,24H,4-6,11-12H2,1H3,(H,22,23). The number of hydrogen-bond donors (Lipinski definition) is 3. The Morgan fingerprint density at radius 1 is 1.16 bits per heavy atom. The Balaban J connectivity index is 1.49. The molecular weight excluding hydrogens is 316 g/mol. The molecule has 1 heterocycles. The predicted octanol–water partition coefficient (Wildman–Crippen LogP) is 4.40. The van der Waals surface area contributed by atoms with E-state index in [0.29, 0.717) is 13.0 Å². The van der Waals surface area contributed by atoms with Gasteiger partial charge in [0.15, 0.2) is 0 Å². The molecule has 1 amide bonds. The third-order valence-corrected chi connectivity index (χ3v) is 4.50. The number of hydrogen-bond acceptors (Lipinski definition) is 3. The number of carbonyl (C=O) groups is 1. The van der Waals surface area contributed by atoms with Crippen molar-refractivity contribution in [1.82, 2.24) is 10.5 Å². The van der Waals surface area contributed by atoms with Gasteiger partial charge in [-0.3, -0.25) is 10.0 Å². The van der Waals surface area contributed by atoms with Gasteiger partial charge in [-0.05, 0) is 37.0 Å². The van der Waals surface area contributed by atoms with E-state index in [4.69, 9.17) is 9.94 Å². The summed E-state index contributed by atoms with van der Waals surface area (Å²) >= 11 is 0. The number of nitrogens with one attached hydrogen (secondary N) is 2. The zero-order valence-corrected chi connectivity index (χ0v) is 14.4. The molecule has 0 saturated heterocycles. The molecule has 0 aliphatic heterocycles. The third kappa shape index (κ3) is 4.31. The summed E-state index contributed by atoms with van der Waals surface area (Å²) in [4.78, 5) is 14.5. The predicted molar refractivity (Wildman–Crippen MR) is 98.9 cm³/mol. The molecule has 0 bridgehead atoms. The zero-order valence-electron chi connectivity index (χ0n) is 14.4. The number of unbranched alkanes of at least 4 members (excludes halogenated alkanes) is 1. The average Bonchev–Trinajstić information content (AvgIpc) is 2.99. The van der Waals surface area contributed by atoms with Gasteiger partial charge in [-0.2, -0.15) is 0 Å². The van der Waals surface area contributed by atoms with Crippen molar-refractivity contribution in [2.24, 2.45) is 5.92 Å². The molecule has 5 heteroatoms. The van der Waals surface area contributed by atoms with Crippen LogP contribution in [0.1, 0.15) is 32.6 Å². The van der Waals surface area contributed by atoms with E-state index in [9.17, 15) is 4.79 Å². The van der Waals surface area contributed by atoms with E-state index in [0.717, 1.165) is 36.0 Å². The number of ether oxygens (including phenoxy) is 1. The molecule has 1 unspecified atom stereocenters. The molecule has 3 N–H and O–H groups in total. The van der Waals surface area contributed by atoms with Crippen molar-refractivity contribution in [2.75, 3.05) is 6.61 Å². The van der Waals surface area contributed by atoms with Crippen molar-refractivity contribution in [2.45, 2.75) is 32.6 Å². The molecule has 2 aromatic carbocycles. The van der Waals surface area contributed by atoms with Gasteiger partial charge >= 0.3 is 0 Å². The number of hydroxylamine groups is 1. The fourth-order valence-electron chi connectivity index (χ4n) is 3.17. The molecule has 0 aliphatic rings. The molecule has 25 heavy (non-hydrogen) atoms. The Kier molecular flexibility index (Phi) is 5.56. The number of aromatic amines is 1. The van der Waals surface area contributed by atoms with E-state index >= 15 is 0 Å². The van der Waals surface area contributed by atoms with Crippen LogP contribution in [0.25, 0.3) is 21.8 Å². The highest BCUT2D eigenvalue weighted by atomic mass is 16.5. The number of fused-ring (bicyclic) bond motifs is 3. The van der Waals surface area contributed by atoms with Crippen LogP contribution in [0, 0.1) is 5.92 Å². The molecule has 1 atom stereocenters. The van der Waals surface area contributed by atoms with Gasteiger partial charge in [0.05, 0.1) is 12.1 Å². The number of H-pyrrole nitrogens is 1. The summed E-state index contributed by atoms with van der Waals surface area (Å²) in [5.41, 5.74) is 3.90. The Morgan fingerprint density at radius 3 is 2.80 bits per heavy atom. The van der Waals surface area contributed by atoms with Gasteiger partial charge in [0.25, 0.3) is 0 Å². The lowest BCUT2D eigenvalue weighted by atomic mass is 10.0. The van der Waals surface area contributed by atoms with E-state index in [1.165, 1.54) is 10.8 Å². The first-order valence-electron chi connectivity index (χ1n) is 8.73. The molecule has 0 fully saturated rings. The second kappa shape index (κ2) is 8.03. The Morgan fingerprint density at radius 2 is 1.96 bits per heavy atom. The van der Waals surface area contributed by atoms with Gasteiger partial charge in [-0.1, -0.05) is 31.5 Å². The number of amides is 1. The first-order valence-corrected chi connectivity index (χ1v) is 8.73. The van der Waals surface area contributed by atoms with E-state index in [2.05, 4.69) is 23.2 Å². The molecule has 1 aromatic heterocycles. The first-order chi connectivity index (χ1) is 12.2. The van der Waals surface area contributed by atoms with Crippen LogP contribution in [-0.4, -0.2) is 22.7 Å². The largest absolute Gasteiger partial charge is 0.494 e. The number of benzene rings is 2. The van der Waals surface area contributed by atoms with E-state index < -0.39 is 0 Å². The van der Waals surface area contributed by atoms with Crippen molar-refractivity contribution in [3.8, 4) is 5.75 Å². The van der Waals surface area contributed by atoms with Gasteiger partial charge in [0, 0.05) is 28.8 Å². The minimum Gasteiger partial charge on any atom is -0.494 e. The molecule has 0 spiro atoms. The maximum absolute atomic E-state index is 11.1. The van der Waals surface area contributed by atoms with Gasteiger partial charge < -0.3 is 9.72 Å². The monoisotopic (exact) mass is 340 g/mol. The average molecular weight is 340 g/mol. The number of para-hydroxylation sites is 1. The summed E-state index contributed by atoms with van der Waals surface area (Å²) in [7, 11) is 0. The van der Waals surface area contributed by atoms with Crippen LogP contribution in [0.5, 0.6) is 5.75 Å². The lowest BCUT2D eigenvalue weighted by Gasteiger charge is -2.10. The fourth-order valence-corrected chi connectivity index (χ4v) is 3.17. The molecule has 5 nitrogen and oxygen atoms in total. The van der Waals surface area contributed by atoms with E-state index in [-0.39, 0.29) is 11.8 Å². The van der Waals surface area contributed by atoms with Crippen molar-refractivity contribution < 1.29 is 14.7 Å². The first kappa shape index (κ1) is 17.3. The summed E-state index contributed by atoms with van der Waals surface area (Å²) in [6.07, 6.45) is 3.23. The van der Waals surface area contributed by atoms with E-state index in [1.54, 1.807) is 5.48 Å². The van der Waals surface area contributed by atoms with Crippen molar-refractivity contribution in [3.05, 3.63) is 42.5 Å². The van der Waals surface area contributed by atoms with Crippen molar-refractivity contribution in [3.63, 3.8) is 0 Å². The summed E-state index contributed by atoms with van der Waals surface area (Å²) in [6.45, 7) is 2.67. The van der Waals surface area contributed by atoms with Crippen LogP contribution in [0.2, 0.25) is 0 Å². The highest BCUT2D eigenvalue weighted by Gasteiger charge is 2.08. The minimum absolute atomic E-state index is 0.259. The van der Waals surface area contributed by atoms with Crippen LogP contribution < -0.4 is 10.2 Å². The summed E-state index contributed by atoms with van der Waals surface area (Å²) in [5.74, 6) is 0.803. The molecule has 0 radical (unpaired) electrons. The van der Waals surface area contributed by atoms with Crippen LogP contribution in [0.3, 0.4) is 0 Å². The lowest BCUT2D eigenvalue weighted by Crippen LogP contribution is -2.20. The van der Waals surface area contributed by atoms with Crippen LogP contribution in [-0.2, 0) is 4.79 Å².